The molecule has 0 aliphatic carbocycles. The zero-order valence-corrected chi connectivity index (χ0v) is 25.5. The Kier molecular flexibility index (Phi) is 7.05. The number of anilines is 3. The second-order valence-corrected chi connectivity index (χ2v) is 11.4. The summed E-state index contributed by atoms with van der Waals surface area (Å²) in [5.74, 6) is 0.856. The van der Waals surface area contributed by atoms with E-state index in [9.17, 15) is 0 Å². The average molecular weight is 593 g/mol. The summed E-state index contributed by atoms with van der Waals surface area (Å²) >= 11 is 0. The number of hydrogen-bond donors (Lipinski definition) is 0. The van der Waals surface area contributed by atoms with E-state index < -0.39 is 0 Å². The maximum atomic E-state index is 5.37. The highest BCUT2D eigenvalue weighted by molar-refractivity contribution is 6.10. The van der Waals surface area contributed by atoms with Crippen LogP contribution in [-0.2, 0) is 0 Å². The predicted octanol–water partition coefficient (Wildman–Crippen LogP) is 11.6. The second kappa shape index (κ2) is 11.8. The van der Waals surface area contributed by atoms with E-state index in [4.69, 9.17) is 4.74 Å². The number of aromatic nitrogens is 1. The SMILES string of the molecule is COc1ccc(-c2ccc(N(c3ccc(-c4ccccc4)cc3)c3ccc4c(c3)c3ccccc3n4-c3ccccc3)cc2)cc1. The van der Waals surface area contributed by atoms with Crippen LogP contribution in [0, 0.1) is 0 Å². The van der Waals surface area contributed by atoms with Gasteiger partial charge in [-0.15, -0.1) is 0 Å². The molecule has 1 heterocycles. The third kappa shape index (κ3) is 4.98. The molecule has 220 valence electrons. The molecule has 0 radical (unpaired) electrons. The van der Waals surface area contributed by atoms with Gasteiger partial charge in [0.1, 0.15) is 5.75 Å². The van der Waals surface area contributed by atoms with Gasteiger partial charge in [-0.05, 0) is 95.1 Å². The average Bonchev–Trinajstić information content (AvgIpc) is 3.47. The Labute approximate surface area is 269 Å². The minimum Gasteiger partial charge on any atom is -0.497 e. The molecule has 3 nitrogen and oxygen atoms in total. The van der Waals surface area contributed by atoms with Gasteiger partial charge in [-0.1, -0.05) is 103 Å². The molecule has 0 atom stereocenters. The maximum Gasteiger partial charge on any atom is 0.118 e. The molecule has 46 heavy (non-hydrogen) atoms. The first-order valence-electron chi connectivity index (χ1n) is 15.6. The number of rotatable bonds is 7. The molecule has 0 saturated carbocycles. The van der Waals surface area contributed by atoms with Gasteiger partial charge in [0.2, 0.25) is 0 Å². The number of para-hydroxylation sites is 2. The molecule has 0 spiro atoms. The first-order chi connectivity index (χ1) is 22.8. The number of benzene rings is 7. The van der Waals surface area contributed by atoms with Crippen LogP contribution in [0.4, 0.5) is 17.1 Å². The lowest BCUT2D eigenvalue weighted by Gasteiger charge is -2.26. The third-order valence-corrected chi connectivity index (χ3v) is 8.71. The number of methoxy groups -OCH3 is 1. The van der Waals surface area contributed by atoms with Gasteiger partial charge in [0.15, 0.2) is 0 Å². The van der Waals surface area contributed by atoms with Crippen LogP contribution in [0.15, 0.2) is 176 Å². The molecule has 7 aromatic carbocycles. The van der Waals surface area contributed by atoms with Gasteiger partial charge in [-0.3, -0.25) is 0 Å². The highest BCUT2D eigenvalue weighted by Crippen LogP contribution is 2.40. The smallest absolute Gasteiger partial charge is 0.118 e. The minimum atomic E-state index is 0.856. The van der Waals surface area contributed by atoms with E-state index in [1.54, 1.807) is 7.11 Å². The number of nitrogens with zero attached hydrogens (tertiary/aromatic N) is 2. The topological polar surface area (TPSA) is 17.4 Å². The van der Waals surface area contributed by atoms with Crippen molar-refractivity contribution in [2.45, 2.75) is 0 Å². The summed E-state index contributed by atoms with van der Waals surface area (Å²) in [6, 6.07) is 62.5. The molecule has 8 aromatic rings. The minimum absolute atomic E-state index is 0.856. The van der Waals surface area contributed by atoms with Crippen LogP contribution >= 0.6 is 0 Å². The van der Waals surface area contributed by atoms with Crippen LogP contribution < -0.4 is 9.64 Å². The van der Waals surface area contributed by atoms with Crippen LogP contribution in [-0.4, -0.2) is 11.7 Å². The molecular formula is C43H32N2O. The molecule has 0 fully saturated rings. The van der Waals surface area contributed by atoms with Crippen LogP contribution in [0.25, 0.3) is 49.7 Å². The molecule has 0 unspecified atom stereocenters. The van der Waals surface area contributed by atoms with E-state index in [0.29, 0.717) is 0 Å². The van der Waals surface area contributed by atoms with Crippen LogP contribution in [0.1, 0.15) is 0 Å². The predicted molar refractivity (Wildman–Crippen MR) is 193 cm³/mol. The number of ether oxygens (including phenoxy) is 1. The molecule has 0 N–H and O–H groups in total. The molecule has 0 saturated heterocycles. The van der Waals surface area contributed by atoms with Crippen molar-refractivity contribution in [3.8, 4) is 33.7 Å². The van der Waals surface area contributed by atoms with Crippen molar-refractivity contribution >= 4 is 38.9 Å². The molecule has 0 aliphatic rings. The van der Waals surface area contributed by atoms with E-state index in [2.05, 4.69) is 173 Å². The molecule has 1 aromatic heterocycles. The maximum absolute atomic E-state index is 5.37. The Hall–Kier alpha value is -6.06. The van der Waals surface area contributed by atoms with Crippen molar-refractivity contribution in [2.75, 3.05) is 12.0 Å². The lowest BCUT2D eigenvalue weighted by molar-refractivity contribution is 0.415. The van der Waals surface area contributed by atoms with Crippen LogP contribution in [0.2, 0.25) is 0 Å². The van der Waals surface area contributed by atoms with Crippen molar-refractivity contribution < 1.29 is 4.74 Å². The van der Waals surface area contributed by atoms with E-state index in [0.717, 1.165) is 39.6 Å². The fraction of sp³-hybridized carbons (Fsp3) is 0.0233. The first-order valence-corrected chi connectivity index (χ1v) is 15.6. The van der Waals surface area contributed by atoms with Crippen molar-refractivity contribution in [3.05, 3.63) is 176 Å². The lowest BCUT2D eigenvalue weighted by Crippen LogP contribution is -2.10. The van der Waals surface area contributed by atoms with Crippen molar-refractivity contribution in [2.24, 2.45) is 0 Å². The quantitative estimate of drug-likeness (QED) is 0.183. The Morgan fingerprint density at radius 2 is 0.891 bits per heavy atom. The van der Waals surface area contributed by atoms with Crippen LogP contribution in [0.5, 0.6) is 5.75 Å². The Morgan fingerprint density at radius 3 is 1.50 bits per heavy atom. The first kappa shape index (κ1) is 27.5. The number of fused-ring (bicyclic) bond motifs is 3. The van der Waals surface area contributed by atoms with Gasteiger partial charge in [0.05, 0.1) is 18.1 Å². The van der Waals surface area contributed by atoms with Crippen molar-refractivity contribution in [1.82, 2.24) is 4.57 Å². The fourth-order valence-electron chi connectivity index (χ4n) is 6.42. The molecule has 8 rings (SSSR count). The van der Waals surface area contributed by atoms with Gasteiger partial charge in [-0.25, -0.2) is 0 Å². The third-order valence-electron chi connectivity index (χ3n) is 8.71. The molecule has 3 heteroatoms. The van der Waals surface area contributed by atoms with Gasteiger partial charge in [0.25, 0.3) is 0 Å². The zero-order valence-electron chi connectivity index (χ0n) is 25.5. The Bertz CT molecular complexity index is 2250. The van der Waals surface area contributed by atoms with Gasteiger partial charge in [0, 0.05) is 33.5 Å². The van der Waals surface area contributed by atoms with E-state index in [-0.39, 0.29) is 0 Å². The van der Waals surface area contributed by atoms with Crippen LogP contribution in [0.3, 0.4) is 0 Å². The van der Waals surface area contributed by atoms with Crippen molar-refractivity contribution in [1.29, 1.82) is 0 Å². The fourth-order valence-corrected chi connectivity index (χ4v) is 6.42. The molecule has 0 bridgehead atoms. The summed E-state index contributed by atoms with van der Waals surface area (Å²) in [7, 11) is 1.70. The zero-order chi connectivity index (χ0) is 30.9. The molecule has 0 aliphatic heterocycles. The summed E-state index contributed by atoms with van der Waals surface area (Å²) in [6.07, 6.45) is 0. The van der Waals surface area contributed by atoms with E-state index >= 15 is 0 Å². The Morgan fingerprint density at radius 1 is 0.413 bits per heavy atom. The lowest BCUT2D eigenvalue weighted by atomic mass is 10.0. The highest BCUT2D eigenvalue weighted by Gasteiger charge is 2.17. The second-order valence-electron chi connectivity index (χ2n) is 11.4. The van der Waals surface area contributed by atoms with Gasteiger partial charge < -0.3 is 14.2 Å². The van der Waals surface area contributed by atoms with E-state index in [1.165, 1.54) is 32.9 Å². The molecule has 0 amide bonds. The summed E-state index contributed by atoms with van der Waals surface area (Å²) in [5, 5.41) is 2.45. The summed E-state index contributed by atoms with van der Waals surface area (Å²) in [4.78, 5) is 2.35. The standard InChI is InChI=1S/C43H32N2O/c1-46-39-27-20-34(21-28-39)33-18-24-37(25-19-33)44(36-22-16-32(17-23-36)31-10-4-2-5-11-31)38-26-29-43-41(30-38)40-14-8-9-15-42(40)45(43)35-12-6-3-7-13-35/h2-30H,1H3. The summed E-state index contributed by atoms with van der Waals surface area (Å²) in [5.41, 5.74) is 11.6. The monoisotopic (exact) mass is 592 g/mol. The number of hydrogen-bond acceptors (Lipinski definition) is 2. The van der Waals surface area contributed by atoms with Gasteiger partial charge >= 0.3 is 0 Å². The summed E-state index contributed by atoms with van der Waals surface area (Å²) in [6.45, 7) is 0. The van der Waals surface area contributed by atoms with E-state index in [1.807, 2.05) is 12.1 Å². The van der Waals surface area contributed by atoms with Crippen molar-refractivity contribution in [3.63, 3.8) is 0 Å². The normalized spacial score (nSPS) is 11.2. The largest absolute Gasteiger partial charge is 0.497 e. The Balaban J connectivity index is 1.27. The molecular weight excluding hydrogens is 560 g/mol. The highest BCUT2D eigenvalue weighted by atomic mass is 16.5. The van der Waals surface area contributed by atoms with Gasteiger partial charge in [-0.2, -0.15) is 0 Å². The summed E-state index contributed by atoms with van der Waals surface area (Å²) < 4.78 is 7.72.